The molecule has 1 saturated carbocycles. The van der Waals surface area contributed by atoms with Crippen LogP contribution in [-0.4, -0.2) is 27.5 Å². The first kappa shape index (κ1) is 19.5. The number of hydrogen-bond acceptors (Lipinski definition) is 4. The predicted octanol–water partition coefficient (Wildman–Crippen LogP) is 4.06. The number of hydrogen-bond donors (Lipinski definition) is 3. The number of fused-ring (bicyclic) bond motifs is 1. The second kappa shape index (κ2) is 8.25. The molecule has 4 rings (SSSR count). The summed E-state index contributed by atoms with van der Waals surface area (Å²) in [5.41, 5.74) is 7.22. The minimum atomic E-state index is -0.942. The average molecular weight is 393 g/mol. The van der Waals surface area contributed by atoms with E-state index in [4.69, 9.17) is 10.5 Å². The molecule has 6 nitrogen and oxygen atoms in total. The molecule has 3 aromatic rings. The highest BCUT2D eigenvalue weighted by Crippen LogP contribution is 2.28. The third-order valence-electron chi connectivity index (χ3n) is 5.60. The molecule has 1 aliphatic carbocycles. The molecule has 1 aliphatic rings. The van der Waals surface area contributed by atoms with Gasteiger partial charge in [-0.05, 0) is 56.0 Å². The number of carbonyl (C=O) groups is 1. The summed E-state index contributed by atoms with van der Waals surface area (Å²) in [4.78, 5) is 20.0. The van der Waals surface area contributed by atoms with Gasteiger partial charge >= 0.3 is 0 Å². The van der Waals surface area contributed by atoms with Gasteiger partial charge in [0.1, 0.15) is 17.1 Å². The summed E-state index contributed by atoms with van der Waals surface area (Å²) in [5, 5.41) is 4.08. The molecule has 0 radical (unpaired) electrons. The zero-order chi connectivity index (χ0) is 20.3. The average Bonchev–Trinajstić information content (AvgIpc) is 3.20. The highest BCUT2D eigenvalue weighted by atomic mass is 16.5. The van der Waals surface area contributed by atoms with Crippen LogP contribution < -0.4 is 15.8 Å². The van der Waals surface area contributed by atoms with Crippen molar-refractivity contribution in [3.05, 3.63) is 54.4 Å². The van der Waals surface area contributed by atoms with Gasteiger partial charge in [0.05, 0.1) is 10.9 Å². The van der Waals surface area contributed by atoms with E-state index in [2.05, 4.69) is 15.3 Å². The van der Waals surface area contributed by atoms with Crippen molar-refractivity contribution in [2.75, 3.05) is 0 Å². The van der Waals surface area contributed by atoms with E-state index in [1.807, 2.05) is 42.6 Å². The quantitative estimate of drug-likeness (QED) is 0.590. The van der Waals surface area contributed by atoms with Crippen molar-refractivity contribution in [2.45, 2.75) is 57.0 Å². The minimum Gasteiger partial charge on any atom is -0.457 e. The van der Waals surface area contributed by atoms with Crippen molar-refractivity contribution in [1.29, 1.82) is 0 Å². The van der Waals surface area contributed by atoms with Gasteiger partial charge in [-0.3, -0.25) is 4.79 Å². The Morgan fingerprint density at radius 3 is 2.72 bits per heavy atom. The maximum Gasteiger partial charge on any atom is 0.240 e. The fraction of sp³-hybridized carbons (Fsp3) is 0.391. The standard InChI is InChI=1S/C23H28N4O2/c1-23(24,22(28)27-17-5-3-2-4-6-17)15-16-7-9-18(10-8-16)29-20-12-14-26-21-19(20)11-13-25-21/h7-14,17H,2-6,15,24H2,1H3,(H,25,26)(H,27,28). The lowest BCUT2D eigenvalue weighted by Crippen LogP contribution is -2.55. The second-order valence-corrected chi connectivity index (χ2v) is 8.20. The SMILES string of the molecule is CC(N)(Cc1ccc(Oc2ccnc3[nH]ccc23)cc1)C(=O)NC1CCCCC1. The van der Waals surface area contributed by atoms with Crippen LogP contribution in [0.5, 0.6) is 11.5 Å². The summed E-state index contributed by atoms with van der Waals surface area (Å²) < 4.78 is 6.01. The van der Waals surface area contributed by atoms with Crippen LogP contribution in [0.1, 0.15) is 44.6 Å². The molecule has 0 bridgehead atoms. The van der Waals surface area contributed by atoms with Gasteiger partial charge < -0.3 is 20.8 Å². The maximum absolute atomic E-state index is 12.7. The number of H-pyrrole nitrogens is 1. The number of aromatic amines is 1. The number of carbonyl (C=O) groups excluding carboxylic acids is 1. The molecule has 0 saturated heterocycles. The number of benzene rings is 1. The first-order valence-corrected chi connectivity index (χ1v) is 10.3. The van der Waals surface area contributed by atoms with Crippen LogP contribution in [0, 0.1) is 0 Å². The number of nitrogens with zero attached hydrogens (tertiary/aromatic N) is 1. The van der Waals surface area contributed by atoms with E-state index in [1.165, 1.54) is 19.3 Å². The fourth-order valence-corrected chi connectivity index (χ4v) is 3.93. The largest absolute Gasteiger partial charge is 0.457 e. The monoisotopic (exact) mass is 392 g/mol. The molecule has 6 heteroatoms. The van der Waals surface area contributed by atoms with Gasteiger partial charge in [0.15, 0.2) is 0 Å². The molecular formula is C23H28N4O2. The molecule has 2 heterocycles. The third kappa shape index (κ3) is 4.59. The number of nitrogens with one attached hydrogen (secondary N) is 2. The summed E-state index contributed by atoms with van der Waals surface area (Å²) in [7, 11) is 0. The Hall–Kier alpha value is -2.86. The summed E-state index contributed by atoms with van der Waals surface area (Å²) in [6.45, 7) is 1.80. The Bertz CT molecular complexity index is 972. The van der Waals surface area contributed by atoms with Gasteiger partial charge in [-0.15, -0.1) is 0 Å². The van der Waals surface area contributed by atoms with Crippen LogP contribution in [0.4, 0.5) is 0 Å². The van der Waals surface area contributed by atoms with Crippen LogP contribution >= 0.6 is 0 Å². The van der Waals surface area contributed by atoms with Gasteiger partial charge in [-0.1, -0.05) is 31.4 Å². The molecule has 1 fully saturated rings. The lowest BCUT2D eigenvalue weighted by Gasteiger charge is -2.29. The molecule has 1 aromatic carbocycles. The van der Waals surface area contributed by atoms with Crippen LogP contribution in [0.25, 0.3) is 11.0 Å². The van der Waals surface area contributed by atoms with Crippen molar-refractivity contribution in [1.82, 2.24) is 15.3 Å². The van der Waals surface area contributed by atoms with E-state index in [-0.39, 0.29) is 11.9 Å². The molecule has 4 N–H and O–H groups in total. The van der Waals surface area contributed by atoms with Crippen molar-refractivity contribution in [3.8, 4) is 11.5 Å². The van der Waals surface area contributed by atoms with E-state index >= 15 is 0 Å². The first-order valence-electron chi connectivity index (χ1n) is 10.3. The van der Waals surface area contributed by atoms with Crippen LogP contribution in [0.3, 0.4) is 0 Å². The van der Waals surface area contributed by atoms with Gasteiger partial charge in [0.25, 0.3) is 0 Å². The summed E-state index contributed by atoms with van der Waals surface area (Å²) in [6, 6.07) is 11.8. The van der Waals surface area contributed by atoms with Crippen LogP contribution in [0.2, 0.25) is 0 Å². The maximum atomic E-state index is 12.7. The molecular weight excluding hydrogens is 364 g/mol. The van der Waals surface area contributed by atoms with Crippen molar-refractivity contribution >= 4 is 16.9 Å². The van der Waals surface area contributed by atoms with Gasteiger partial charge in [0, 0.05) is 18.4 Å². The van der Waals surface area contributed by atoms with E-state index in [0.29, 0.717) is 6.42 Å². The predicted molar refractivity (Wildman–Crippen MR) is 114 cm³/mol. The number of nitrogens with two attached hydrogens (primary N) is 1. The first-order chi connectivity index (χ1) is 14.0. The van der Waals surface area contributed by atoms with Crippen LogP contribution in [-0.2, 0) is 11.2 Å². The highest BCUT2D eigenvalue weighted by Gasteiger charge is 2.30. The number of pyridine rings is 1. The fourth-order valence-electron chi connectivity index (χ4n) is 3.93. The van der Waals surface area contributed by atoms with E-state index < -0.39 is 5.54 Å². The Kier molecular flexibility index (Phi) is 5.53. The normalized spacial score (nSPS) is 17.0. The number of rotatable bonds is 6. The molecule has 1 amide bonds. The lowest BCUT2D eigenvalue weighted by molar-refractivity contribution is -0.126. The van der Waals surface area contributed by atoms with Gasteiger partial charge in [-0.25, -0.2) is 4.98 Å². The van der Waals surface area contributed by atoms with E-state index in [1.54, 1.807) is 13.1 Å². The van der Waals surface area contributed by atoms with Crippen LogP contribution in [0.15, 0.2) is 48.8 Å². The Labute approximate surface area is 170 Å². The molecule has 0 aliphatic heterocycles. The van der Waals surface area contributed by atoms with Crippen molar-refractivity contribution in [3.63, 3.8) is 0 Å². The zero-order valence-corrected chi connectivity index (χ0v) is 16.8. The molecule has 1 unspecified atom stereocenters. The zero-order valence-electron chi connectivity index (χ0n) is 16.8. The van der Waals surface area contributed by atoms with Gasteiger partial charge in [-0.2, -0.15) is 0 Å². The van der Waals surface area contributed by atoms with E-state index in [9.17, 15) is 4.79 Å². The molecule has 2 aromatic heterocycles. The Morgan fingerprint density at radius 2 is 1.97 bits per heavy atom. The minimum absolute atomic E-state index is 0.0728. The summed E-state index contributed by atoms with van der Waals surface area (Å²) in [5.74, 6) is 1.41. The topological polar surface area (TPSA) is 93.0 Å². The Morgan fingerprint density at radius 1 is 1.21 bits per heavy atom. The molecule has 1 atom stereocenters. The van der Waals surface area contributed by atoms with Gasteiger partial charge in [0.2, 0.25) is 5.91 Å². The molecule has 29 heavy (non-hydrogen) atoms. The lowest BCUT2D eigenvalue weighted by atomic mass is 9.90. The second-order valence-electron chi connectivity index (χ2n) is 8.20. The molecule has 152 valence electrons. The third-order valence-corrected chi connectivity index (χ3v) is 5.60. The summed E-state index contributed by atoms with van der Waals surface area (Å²) >= 11 is 0. The number of aromatic nitrogens is 2. The number of ether oxygens (including phenoxy) is 1. The smallest absolute Gasteiger partial charge is 0.240 e. The van der Waals surface area contributed by atoms with Crippen molar-refractivity contribution < 1.29 is 9.53 Å². The van der Waals surface area contributed by atoms with Crippen molar-refractivity contribution in [2.24, 2.45) is 5.73 Å². The molecule has 0 spiro atoms. The Balaban J connectivity index is 1.39. The highest BCUT2D eigenvalue weighted by molar-refractivity contribution is 5.86. The number of amides is 1. The summed E-state index contributed by atoms with van der Waals surface area (Å²) in [6.07, 6.45) is 9.76. The van der Waals surface area contributed by atoms with E-state index in [0.717, 1.165) is 40.9 Å².